The molecule has 0 unspecified atom stereocenters. The molecule has 1 heterocycles. The molecule has 19 heavy (non-hydrogen) atoms. The van der Waals surface area contributed by atoms with Crippen LogP contribution in [0.5, 0.6) is 0 Å². The second kappa shape index (κ2) is 5.89. The fourth-order valence-electron chi connectivity index (χ4n) is 1.61. The van der Waals surface area contributed by atoms with Gasteiger partial charge in [0, 0.05) is 5.56 Å². The largest absolute Gasteiger partial charge is 0.459 e. The molecule has 0 aliphatic heterocycles. The number of rotatable bonds is 2. The molecule has 0 saturated heterocycles. The molecule has 2 aromatic rings. The van der Waals surface area contributed by atoms with Crippen LogP contribution in [-0.2, 0) is 0 Å². The van der Waals surface area contributed by atoms with Gasteiger partial charge in [0.2, 0.25) is 0 Å². The maximum atomic E-state index is 11.9. The van der Waals surface area contributed by atoms with Crippen molar-refractivity contribution >= 4 is 11.6 Å². The molecule has 1 amide bonds. The Morgan fingerprint density at radius 1 is 1.42 bits per heavy atom. The highest BCUT2D eigenvalue weighted by atomic mass is 16.3. The van der Waals surface area contributed by atoms with Gasteiger partial charge in [-0.3, -0.25) is 4.79 Å². The van der Waals surface area contributed by atoms with Gasteiger partial charge in [-0.15, -0.1) is 0 Å². The highest BCUT2D eigenvalue weighted by Gasteiger charge is 2.10. The molecule has 1 aromatic heterocycles. The monoisotopic (exact) mass is 254 g/mol. The highest BCUT2D eigenvalue weighted by molar-refractivity contribution is 6.03. The Balaban J connectivity index is 2.28. The molecular weight excluding hydrogens is 240 g/mol. The summed E-state index contributed by atoms with van der Waals surface area (Å²) in [5.41, 5.74) is 7.78. The van der Waals surface area contributed by atoms with E-state index in [2.05, 4.69) is 17.2 Å². The lowest BCUT2D eigenvalue weighted by molar-refractivity contribution is 0.0996. The number of carbonyl (C=O) groups is 1. The molecule has 0 aliphatic carbocycles. The van der Waals surface area contributed by atoms with Crippen molar-refractivity contribution < 1.29 is 9.21 Å². The Kier molecular flexibility index (Phi) is 4.01. The zero-order valence-electron chi connectivity index (χ0n) is 10.6. The molecule has 4 nitrogen and oxygen atoms in total. The van der Waals surface area contributed by atoms with Crippen LogP contribution in [0.25, 0.3) is 0 Å². The molecule has 96 valence electrons. The standard InChI is InChI=1S/C15H14N2O2/c1-11-6-7-12(4-2-8-16)13(10-11)17-15(18)14-5-3-9-19-14/h3,5-7,9-10H,8,16H2,1H3,(H,17,18). The SMILES string of the molecule is Cc1ccc(C#CCN)c(NC(=O)c2ccco2)c1. The Bertz CT molecular complexity index is 634. The van der Waals surface area contributed by atoms with Crippen molar-refractivity contribution in [1.82, 2.24) is 0 Å². The summed E-state index contributed by atoms with van der Waals surface area (Å²) in [5, 5.41) is 2.79. The van der Waals surface area contributed by atoms with Gasteiger partial charge >= 0.3 is 0 Å². The second-order valence-electron chi connectivity index (χ2n) is 3.99. The van der Waals surface area contributed by atoms with Gasteiger partial charge in [-0.2, -0.15) is 0 Å². The Labute approximate surface area is 111 Å². The minimum Gasteiger partial charge on any atom is -0.459 e. The Morgan fingerprint density at radius 3 is 2.95 bits per heavy atom. The van der Waals surface area contributed by atoms with E-state index in [0.29, 0.717) is 5.69 Å². The second-order valence-corrected chi connectivity index (χ2v) is 3.99. The lowest BCUT2D eigenvalue weighted by atomic mass is 10.1. The van der Waals surface area contributed by atoms with Gasteiger partial charge in [0.15, 0.2) is 5.76 Å². The third kappa shape index (κ3) is 3.24. The van der Waals surface area contributed by atoms with Crippen molar-refractivity contribution in [1.29, 1.82) is 0 Å². The summed E-state index contributed by atoms with van der Waals surface area (Å²) in [4.78, 5) is 11.9. The van der Waals surface area contributed by atoms with Crippen molar-refractivity contribution in [3.05, 3.63) is 53.5 Å². The quantitative estimate of drug-likeness (QED) is 0.807. The van der Waals surface area contributed by atoms with Crippen LogP contribution in [0.3, 0.4) is 0 Å². The van der Waals surface area contributed by atoms with Gasteiger partial charge in [0.1, 0.15) is 0 Å². The molecule has 0 radical (unpaired) electrons. The molecular formula is C15H14N2O2. The number of amides is 1. The zero-order chi connectivity index (χ0) is 13.7. The summed E-state index contributed by atoms with van der Waals surface area (Å²) in [6, 6.07) is 8.93. The lowest BCUT2D eigenvalue weighted by Gasteiger charge is -2.07. The van der Waals surface area contributed by atoms with Crippen LogP contribution < -0.4 is 11.1 Å². The first-order valence-corrected chi connectivity index (χ1v) is 5.85. The fraction of sp³-hybridized carbons (Fsp3) is 0.133. The molecule has 0 spiro atoms. The third-order valence-electron chi connectivity index (χ3n) is 2.49. The predicted molar refractivity (Wildman–Crippen MR) is 73.8 cm³/mol. The minimum atomic E-state index is -0.300. The number of furan rings is 1. The first-order chi connectivity index (χ1) is 9.20. The van der Waals surface area contributed by atoms with E-state index in [0.717, 1.165) is 11.1 Å². The van der Waals surface area contributed by atoms with Crippen molar-refractivity contribution in [2.24, 2.45) is 5.73 Å². The molecule has 0 atom stereocenters. The molecule has 1 aromatic carbocycles. The van der Waals surface area contributed by atoms with Gasteiger partial charge in [0.05, 0.1) is 18.5 Å². The van der Waals surface area contributed by atoms with E-state index in [4.69, 9.17) is 10.2 Å². The van der Waals surface area contributed by atoms with Crippen LogP contribution in [0, 0.1) is 18.8 Å². The van der Waals surface area contributed by atoms with Crippen LogP contribution in [0.2, 0.25) is 0 Å². The van der Waals surface area contributed by atoms with Crippen LogP contribution in [-0.4, -0.2) is 12.5 Å². The van der Waals surface area contributed by atoms with Gasteiger partial charge < -0.3 is 15.5 Å². The Morgan fingerprint density at radius 2 is 2.26 bits per heavy atom. The number of benzene rings is 1. The van der Waals surface area contributed by atoms with Crippen molar-refractivity contribution in [2.75, 3.05) is 11.9 Å². The fourth-order valence-corrected chi connectivity index (χ4v) is 1.61. The normalized spacial score (nSPS) is 9.58. The maximum Gasteiger partial charge on any atom is 0.291 e. The lowest BCUT2D eigenvalue weighted by Crippen LogP contribution is -2.12. The summed E-state index contributed by atoms with van der Waals surface area (Å²) in [5.74, 6) is 5.67. The first-order valence-electron chi connectivity index (χ1n) is 5.85. The molecule has 0 aliphatic rings. The van der Waals surface area contributed by atoms with Crippen molar-refractivity contribution in [2.45, 2.75) is 6.92 Å². The van der Waals surface area contributed by atoms with Crippen LogP contribution in [0.4, 0.5) is 5.69 Å². The van der Waals surface area contributed by atoms with Crippen LogP contribution in [0.15, 0.2) is 41.0 Å². The summed E-state index contributed by atoms with van der Waals surface area (Å²) in [6.45, 7) is 2.22. The minimum absolute atomic E-state index is 0.263. The van der Waals surface area contributed by atoms with Gasteiger partial charge in [-0.1, -0.05) is 17.9 Å². The molecule has 3 N–H and O–H groups in total. The molecule has 0 saturated carbocycles. The Hall–Kier alpha value is -2.51. The van der Waals surface area contributed by atoms with Crippen molar-refractivity contribution in [3.8, 4) is 11.8 Å². The van der Waals surface area contributed by atoms with Gasteiger partial charge in [0.25, 0.3) is 5.91 Å². The molecule has 0 bridgehead atoms. The number of nitrogens with two attached hydrogens (primary N) is 1. The van der Waals surface area contributed by atoms with Crippen LogP contribution >= 0.6 is 0 Å². The molecule has 2 rings (SSSR count). The van der Waals surface area contributed by atoms with Gasteiger partial charge in [-0.05, 0) is 36.8 Å². The molecule has 4 heteroatoms. The third-order valence-corrected chi connectivity index (χ3v) is 2.49. The number of carbonyl (C=O) groups excluding carboxylic acids is 1. The summed E-state index contributed by atoms with van der Waals surface area (Å²) in [6.07, 6.45) is 1.46. The zero-order valence-corrected chi connectivity index (χ0v) is 10.6. The van der Waals surface area contributed by atoms with E-state index in [-0.39, 0.29) is 18.2 Å². The van der Waals surface area contributed by atoms with E-state index in [1.165, 1.54) is 6.26 Å². The van der Waals surface area contributed by atoms with E-state index in [9.17, 15) is 4.79 Å². The number of hydrogen-bond acceptors (Lipinski definition) is 3. The number of aryl methyl sites for hydroxylation is 1. The summed E-state index contributed by atoms with van der Waals surface area (Å²) in [7, 11) is 0. The first kappa shape index (κ1) is 12.9. The maximum absolute atomic E-state index is 11.9. The van der Waals surface area contributed by atoms with Crippen molar-refractivity contribution in [3.63, 3.8) is 0 Å². The average molecular weight is 254 g/mol. The van der Waals surface area contributed by atoms with Gasteiger partial charge in [-0.25, -0.2) is 0 Å². The summed E-state index contributed by atoms with van der Waals surface area (Å²) < 4.78 is 5.05. The predicted octanol–water partition coefficient (Wildman–Crippen LogP) is 2.15. The smallest absolute Gasteiger partial charge is 0.291 e. The van der Waals surface area contributed by atoms with E-state index in [1.807, 2.05) is 25.1 Å². The van der Waals surface area contributed by atoms with Crippen LogP contribution in [0.1, 0.15) is 21.7 Å². The van der Waals surface area contributed by atoms with E-state index >= 15 is 0 Å². The summed E-state index contributed by atoms with van der Waals surface area (Å²) >= 11 is 0. The molecule has 0 fully saturated rings. The number of nitrogens with one attached hydrogen (secondary N) is 1. The highest BCUT2D eigenvalue weighted by Crippen LogP contribution is 2.17. The van der Waals surface area contributed by atoms with E-state index < -0.39 is 0 Å². The number of anilines is 1. The average Bonchev–Trinajstić information content (AvgIpc) is 2.92. The topological polar surface area (TPSA) is 68.3 Å². The van der Waals surface area contributed by atoms with E-state index in [1.54, 1.807) is 12.1 Å². The number of hydrogen-bond donors (Lipinski definition) is 2.